The van der Waals surface area contributed by atoms with Gasteiger partial charge in [-0.2, -0.15) is 0 Å². The Morgan fingerprint density at radius 2 is 1.42 bits per heavy atom. The molecule has 4 aromatic rings. The standard InChI is InChI=1S/C27H28N6/c1-19-27(29-25-9-5-4-8-24(25)28-19)33-16-14-32(15-17-33)26-13-12-23(30-31-26)22-11-10-20-6-2-3-7-21(20)18-22/h4-5,8-13,18H,2-3,6-7,14-17H2,1H3. The summed E-state index contributed by atoms with van der Waals surface area (Å²) in [7, 11) is 0. The molecule has 0 radical (unpaired) electrons. The summed E-state index contributed by atoms with van der Waals surface area (Å²) in [4.78, 5) is 14.3. The minimum atomic E-state index is 0.890. The Morgan fingerprint density at radius 3 is 2.18 bits per heavy atom. The second-order valence-electron chi connectivity index (χ2n) is 9.06. The van der Waals surface area contributed by atoms with Gasteiger partial charge in [-0.05, 0) is 74.1 Å². The second kappa shape index (κ2) is 8.43. The predicted octanol–water partition coefficient (Wildman–Crippen LogP) is 4.60. The summed E-state index contributed by atoms with van der Waals surface area (Å²) in [6, 6.07) is 19.1. The molecule has 0 atom stereocenters. The third-order valence-electron chi connectivity index (χ3n) is 6.92. The average molecular weight is 437 g/mol. The molecule has 3 heterocycles. The second-order valence-corrected chi connectivity index (χ2v) is 9.06. The lowest BCUT2D eigenvalue weighted by Gasteiger charge is -2.36. The summed E-state index contributed by atoms with van der Waals surface area (Å²) in [6.07, 6.45) is 4.98. The van der Waals surface area contributed by atoms with Gasteiger partial charge in [-0.15, -0.1) is 10.2 Å². The van der Waals surface area contributed by atoms with Crippen LogP contribution in [0.15, 0.2) is 54.6 Å². The van der Waals surface area contributed by atoms with Crippen LogP contribution in [0.3, 0.4) is 0 Å². The Hall–Kier alpha value is -3.54. The Kier molecular flexibility index (Phi) is 5.13. The van der Waals surface area contributed by atoms with E-state index in [-0.39, 0.29) is 0 Å². The van der Waals surface area contributed by atoms with E-state index in [1.807, 2.05) is 31.2 Å². The Morgan fingerprint density at radius 1 is 0.697 bits per heavy atom. The highest BCUT2D eigenvalue weighted by Crippen LogP contribution is 2.27. The van der Waals surface area contributed by atoms with Gasteiger partial charge in [-0.1, -0.05) is 24.3 Å². The van der Waals surface area contributed by atoms with E-state index in [4.69, 9.17) is 9.97 Å². The van der Waals surface area contributed by atoms with Gasteiger partial charge in [0.1, 0.15) is 0 Å². The molecular weight excluding hydrogens is 408 g/mol. The van der Waals surface area contributed by atoms with Crippen molar-refractivity contribution in [2.45, 2.75) is 32.6 Å². The number of fused-ring (bicyclic) bond motifs is 2. The fourth-order valence-electron chi connectivity index (χ4n) is 5.07. The summed E-state index contributed by atoms with van der Waals surface area (Å²) < 4.78 is 0. The number of aryl methyl sites for hydroxylation is 3. The molecule has 0 unspecified atom stereocenters. The molecule has 1 fully saturated rings. The zero-order valence-electron chi connectivity index (χ0n) is 19.0. The molecule has 1 saturated heterocycles. The number of aromatic nitrogens is 4. The van der Waals surface area contributed by atoms with Crippen LogP contribution in [-0.4, -0.2) is 46.3 Å². The van der Waals surface area contributed by atoms with Crippen molar-refractivity contribution in [3.63, 3.8) is 0 Å². The molecule has 2 aromatic heterocycles. The first-order chi connectivity index (χ1) is 16.2. The topological polar surface area (TPSA) is 58.0 Å². The summed E-state index contributed by atoms with van der Waals surface area (Å²) in [5.41, 5.74) is 7.98. The number of benzene rings is 2. The molecule has 166 valence electrons. The number of hydrogen-bond donors (Lipinski definition) is 0. The summed E-state index contributed by atoms with van der Waals surface area (Å²) in [6.45, 7) is 5.61. The van der Waals surface area contributed by atoms with Crippen LogP contribution in [0.1, 0.15) is 29.7 Å². The molecule has 0 saturated carbocycles. The fourth-order valence-corrected chi connectivity index (χ4v) is 5.07. The maximum Gasteiger partial charge on any atom is 0.151 e. The number of nitrogens with zero attached hydrogens (tertiary/aromatic N) is 6. The van der Waals surface area contributed by atoms with E-state index in [9.17, 15) is 0 Å². The first-order valence-corrected chi connectivity index (χ1v) is 11.9. The van der Waals surface area contributed by atoms with E-state index in [0.717, 1.165) is 60.2 Å². The van der Waals surface area contributed by atoms with Crippen LogP contribution in [-0.2, 0) is 12.8 Å². The lowest BCUT2D eigenvalue weighted by Crippen LogP contribution is -2.47. The van der Waals surface area contributed by atoms with Gasteiger partial charge in [0, 0.05) is 31.7 Å². The van der Waals surface area contributed by atoms with Crippen LogP contribution in [0, 0.1) is 6.92 Å². The molecule has 6 nitrogen and oxygen atoms in total. The lowest BCUT2D eigenvalue weighted by molar-refractivity contribution is 0.636. The van der Waals surface area contributed by atoms with Gasteiger partial charge in [0.15, 0.2) is 11.6 Å². The van der Waals surface area contributed by atoms with Crippen molar-refractivity contribution >= 4 is 22.7 Å². The first kappa shape index (κ1) is 20.1. The van der Waals surface area contributed by atoms with Gasteiger partial charge >= 0.3 is 0 Å². The van der Waals surface area contributed by atoms with Gasteiger partial charge in [0.2, 0.25) is 0 Å². The van der Waals surface area contributed by atoms with Crippen molar-refractivity contribution < 1.29 is 0 Å². The smallest absolute Gasteiger partial charge is 0.151 e. The molecule has 6 heteroatoms. The summed E-state index contributed by atoms with van der Waals surface area (Å²) in [5, 5.41) is 9.15. The van der Waals surface area contributed by atoms with E-state index in [2.05, 4.69) is 50.3 Å². The molecule has 0 bridgehead atoms. The van der Waals surface area contributed by atoms with Gasteiger partial charge < -0.3 is 9.80 Å². The number of anilines is 2. The number of para-hydroxylation sites is 2. The van der Waals surface area contributed by atoms with Crippen LogP contribution in [0.4, 0.5) is 11.6 Å². The van der Waals surface area contributed by atoms with Gasteiger partial charge in [0.05, 0.1) is 22.4 Å². The van der Waals surface area contributed by atoms with E-state index in [1.54, 1.807) is 0 Å². The highest BCUT2D eigenvalue weighted by Gasteiger charge is 2.22. The van der Waals surface area contributed by atoms with E-state index in [1.165, 1.54) is 42.4 Å². The van der Waals surface area contributed by atoms with E-state index >= 15 is 0 Å². The molecule has 2 aromatic carbocycles. The van der Waals surface area contributed by atoms with Crippen molar-refractivity contribution in [1.82, 2.24) is 20.2 Å². The highest BCUT2D eigenvalue weighted by molar-refractivity contribution is 5.76. The quantitative estimate of drug-likeness (QED) is 0.468. The molecule has 0 amide bonds. The predicted molar refractivity (Wildman–Crippen MR) is 133 cm³/mol. The Balaban J connectivity index is 1.15. The van der Waals surface area contributed by atoms with Crippen molar-refractivity contribution in [3.8, 4) is 11.3 Å². The van der Waals surface area contributed by atoms with Crippen molar-refractivity contribution in [2.24, 2.45) is 0 Å². The maximum atomic E-state index is 4.89. The van der Waals surface area contributed by atoms with Crippen LogP contribution in [0.2, 0.25) is 0 Å². The summed E-state index contributed by atoms with van der Waals surface area (Å²) >= 11 is 0. The average Bonchev–Trinajstić information content (AvgIpc) is 2.88. The lowest BCUT2D eigenvalue weighted by atomic mass is 9.90. The third-order valence-corrected chi connectivity index (χ3v) is 6.92. The number of rotatable bonds is 3. The molecule has 0 spiro atoms. The fraction of sp³-hybridized carbons (Fsp3) is 0.333. The zero-order chi connectivity index (χ0) is 22.2. The zero-order valence-corrected chi connectivity index (χ0v) is 19.0. The van der Waals surface area contributed by atoms with E-state index in [0.29, 0.717) is 0 Å². The van der Waals surface area contributed by atoms with Crippen molar-refractivity contribution in [3.05, 3.63) is 71.4 Å². The Bertz CT molecular complexity index is 1290. The Labute approximate surface area is 194 Å². The maximum absolute atomic E-state index is 4.89. The monoisotopic (exact) mass is 436 g/mol. The van der Waals surface area contributed by atoms with Gasteiger partial charge in [-0.25, -0.2) is 9.97 Å². The van der Waals surface area contributed by atoms with Crippen molar-refractivity contribution in [1.29, 1.82) is 0 Å². The largest absolute Gasteiger partial charge is 0.352 e. The van der Waals surface area contributed by atoms with Crippen LogP contribution >= 0.6 is 0 Å². The molecule has 1 aliphatic heterocycles. The molecule has 6 rings (SSSR count). The first-order valence-electron chi connectivity index (χ1n) is 11.9. The van der Waals surface area contributed by atoms with Crippen LogP contribution < -0.4 is 9.80 Å². The molecule has 0 N–H and O–H groups in total. The van der Waals surface area contributed by atoms with E-state index < -0.39 is 0 Å². The third kappa shape index (κ3) is 3.90. The SMILES string of the molecule is Cc1nc2ccccc2nc1N1CCN(c2ccc(-c3ccc4c(c3)CCCC4)nn2)CC1. The summed E-state index contributed by atoms with van der Waals surface area (Å²) in [5.74, 6) is 1.93. The molecule has 33 heavy (non-hydrogen) atoms. The molecular formula is C27H28N6. The highest BCUT2D eigenvalue weighted by atomic mass is 15.3. The van der Waals surface area contributed by atoms with Crippen molar-refractivity contribution in [2.75, 3.05) is 36.0 Å². The van der Waals surface area contributed by atoms with Gasteiger partial charge in [0.25, 0.3) is 0 Å². The van der Waals surface area contributed by atoms with Gasteiger partial charge in [-0.3, -0.25) is 0 Å². The minimum Gasteiger partial charge on any atom is -0.352 e. The minimum absolute atomic E-state index is 0.890. The number of hydrogen-bond acceptors (Lipinski definition) is 6. The molecule has 1 aliphatic carbocycles. The molecule has 2 aliphatic rings. The normalized spacial score (nSPS) is 16.2. The van der Waals surface area contributed by atoms with Crippen LogP contribution in [0.25, 0.3) is 22.3 Å². The van der Waals surface area contributed by atoms with Crippen LogP contribution in [0.5, 0.6) is 0 Å². The number of piperazine rings is 1.